The van der Waals surface area contributed by atoms with Crippen molar-refractivity contribution >= 4 is 17.8 Å². The van der Waals surface area contributed by atoms with E-state index < -0.39 is 0 Å². The van der Waals surface area contributed by atoms with Gasteiger partial charge in [0.05, 0.1) is 20.1 Å². The lowest BCUT2D eigenvalue weighted by Gasteiger charge is -2.25. The molecule has 20 heavy (non-hydrogen) atoms. The molecule has 5 heteroatoms. The average molecular weight is 275 g/mol. The molecule has 1 fully saturated rings. The van der Waals surface area contributed by atoms with Crippen molar-refractivity contribution in [2.24, 2.45) is 0 Å². The van der Waals surface area contributed by atoms with Crippen molar-refractivity contribution in [2.45, 2.75) is 32.2 Å². The molecular formula is C15H17NO4. The lowest BCUT2D eigenvalue weighted by molar-refractivity contribution is -0.148. The molecule has 2 amide bonds. The second-order valence-corrected chi connectivity index (χ2v) is 4.75. The van der Waals surface area contributed by atoms with Crippen molar-refractivity contribution in [3.05, 3.63) is 35.4 Å². The first kappa shape index (κ1) is 14.2. The van der Waals surface area contributed by atoms with E-state index in [1.54, 1.807) is 0 Å². The third-order valence-electron chi connectivity index (χ3n) is 3.39. The van der Waals surface area contributed by atoms with E-state index in [0.717, 1.165) is 11.1 Å². The fourth-order valence-corrected chi connectivity index (χ4v) is 2.26. The van der Waals surface area contributed by atoms with Crippen LogP contribution in [0.15, 0.2) is 24.3 Å². The summed E-state index contributed by atoms with van der Waals surface area (Å²) in [6, 6.07) is 7.29. The average Bonchev–Trinajstić information content (AvgIpc) is 2.44. The van der Waals surface area contributed by atoms with E-state index in [0.29, 0.717) is 19.3 Å². The molecule has 1 aromatic rings. The predicted molar refractivity (Wildman–Crippen MR) is 71.6 cm³/mol. The maximum atomic E-state index is 11.8. The second-order valence-electron chi connectivity index (χ2n) is 4.75. The zero-order chi connectivity index (χ0) is 14.5. The molecule has 5 nitrogen and oxygen atoms in total. The van der Waals surface area contributed by atoms with Crippen LogP contribution in [-0.2, 0) is 32.1 Å². The number of methoxy groups -OCH3 is 1. The third-order valence-corrected chi connectivity index (χ3v) is 3.39. The Morgan fingerprint density at radius 1 is 1.15 bits per heavy atom. The molecule has 0 saturated carbocycles. The molecule has 0 N–H and O–H groups in total. The summed E-state index contributed by atoms with van der Waals surface area (Å²) >= 11 is 0. The Hall–Kier alpha value is -2.17. The minimum Gasteiger partial charge on any atom is -0.469 e. The number of hydrogen-bond donors (Lipinski definition) is 0. The second kappa shape index (κ2) is 6.32. The molecule has 0 aromatic heterocycles. The van der Waals surface area contributed by atoms with Gasteiger partial charge in [-0.05, 0) is 17.5 Å². The highest BCUT2D eigenvalue weighted by atomic mass is 16.5. The van der Waals surface area contributed by atoms with E-state index in [2.05, 4.69) is 4.74 Å². The fraction of sp³-hybridized carbons (Fsp3) is 0.400. The van der Waals surface area contributed by atoms with Crippen molar-refractivity contribution in [3.63, 3.8) is 0 Å². The zero-order valence-electron chi connectivity index (χ0n) is 11.4. The van der Waals surface area contributed by atoms with Crippen LogP contribution in [0.5, 0.6) is 0 Å². The summed E-state index contributed by atoms with van der Waals surface area (Å²) < 4.78 is 4.65. The molecule has 1 aliphatic rings. The Morgan fingerprint density at radius 2 is 1.75 bits per heavy atom. The highest BCUT2D eigenvalue weighted by Crippen LogP contribution is 2.18. The normalized spacial score (nSPS) is 15.3. The van der Waals surface area contributed by atoms with Crippen LogP contribution >= 0.6 is 0 Å². The SMILES string of the molecule is COC(=O)Cc1ccccc1CN1C(=O)CCCC1=O. The van der Waals surface area contributed by atoms with Gasteiger partial charge in [0.1, 0.15) is 0 Å². The molecule has 0 radical (unpaired) electrons. The van der Waals surface area contributed by atoms with Crippen molar-refractivity contribution in [2.75, 3.05) is 7.11 Å². The molecule has 0 atom stereocenters. The van der Waals surface area contributed by atoms with Crippen molar-refractivity contribution in [3.8, 4) is 0 Å². The number of rotatable bonds is 4. The topological polar surface area (TPSA) is 63.7 Å². The lowest BCUT2D eigenvalue weighted by Crippen LogP contribution is -2.39. The molecule has 1 heterocycles. The van der Waals surface area contributed by atoms with Gasteiger partial charge in [-0.15, -0.1) is 0 Å². The number of amides is 2. The summed E-state index contributed by atoms with van der Waals surface area (Å²) in [5.41, 5.74) is 1.59. The summed E-state index contributed by atoms with van der Waals surface area (Å²) in [6.07, 6.45) is 1.58. The first-order valence-corrected chi connectivity index (χ1v) is 6.58. The summed E-state index contributed by atoms with van der Waals surface area (Å²) in [7, 11) is 1.34. The number of ether oxygens (including phenoxy) is 1. The van der Waals surface area contributed by atoms with Crippen LogP contribution in [-0.4, -0.2) is 29.8 Å². The molecule has 1 aliphatic heterocycles. The minimum absolute atomic E-state index is 0.142. The molecule has 0 unspecified atom stereocenters. The van der Waals surface area contributed by atoms with Crippen LogP contribution in [0.3, 0.4) is 0 Å². The van der Waals surface area contributed by atoms with Gasteiger partial charge >= 0.3 is 5.97 Å². The number of hydrogen-bond acceptors (Lipinski definition) is 4. The first-order chi connectivity index (χ1) is 9.61. The van der Waals surface area contributed by atoms with Crippen LogP contribution in [0.25, 0.3) is 0 Å². The van der Waals surface area contributed by atoms with Crippen LogP contribution in [0, 0.1) is 0 Å². The number of piperidine rings is 1. The van der Waals surface area contributed by atoms with Gasteiger partial charge in [0.25, 0.3) is 0 Å². The maximum Gasteiger partial charge on any atom is 0.309 e. The van der Waals surface area contributed by atoms with Gasteiger partial charge in [-0.2, -0.15) is 0 Å². The smallest absolute Gasteiger partial charge is 0.309 e. The van der Waals surface area contributed by atoms with E-state index in [1.165, 1.54) is 12.0 Å². The number of carbonyl (C=O) groups is 3. The summed E-state index contributed by atoms with van der Waals surface area (Å²) in [5, 5.41) is 0. The standard InChI is InChI=1S/C15H17NO4/c1-20-15(19)9-11-5-2-3-6-12(11)10-16-13(17)7-4-8-14(16)18/h2-3,5-6H,4,7-10H2,1H3. The van der Waals surface area contributed by atoms with E-state index in [4.69, 9.17) is 0 Å². The van der Waals surface area contributed by atoms with Crippen LogP contribution in [0.4, 0.5) is 0 Å². The molecule has 2 rings (SSSR count). The monoisotopic (exact) mass is 275 g/mol. The van der Waals surface area contributed by atoms with Gasteiger partial charge in [0, 0.05) is 12.8 Å². The Morgan fingerprint density at radius 3 is 2.35 bits per heavy atom. The highest BCUT2D eigenvalue weighted by Gasteiger charge is 2.26. The quantitative estimate of drug-likeness (QED) is 0.616. The molecule has 1 saturated heterocycles. The minimum atomic E-state index is -0.339. The van der Waals surface area contributed by atoms with E-state index in [1.807, 2.05) is 24.3 Å². The number of esters is 1. The molecular weight excluding hydrogens is 258 g/mol. The molecule has 0 bridgehead atoms. The van der Waals surface area contributed by atoms with Crippen LogP contribution < -0.4 is 0 Å². The largest absolute Gasteiger partial charge is 0.469 e. The molecule has 0 spiro atoms. The van der Waals surface area contributed by atoms with Crippen molar-refractivity contribution < 1.29 is 19.1 Å². The van der Waals surface area contributed by atoms with Gasteiger partial charge < -0.3 is 4.74 Å². The third kappa shape index (κ3) is 3.23. The van der Waals surface area contributed by atoms with E-state index in [-0.39, 0.29) is 30.7 Å². The van der Waals surface area contributed by atoms with E-state index in [9.17, 15) is 14.4 Å². The van der Waals surface area contributed by atoms with Gasteiger partial charge in [-0.3, -0.25) is 19.3 Å². The Labute approximate surface area is 117 Å². The Bertz CT molecular complexity index is 522. The summed E-state index contributed by atoms with van der Waals surface area (Å²) in [5.74, 6) is -0.628. The van der Waals surface area contributed by atoms with Crippen LogP contribution in [0.1, 0.15) is 30.4 Å². The Kier molecular flexibility index (Phi) is 4.50. The van der Waals surface area contributed by atoms with Crippen molar-refractivity contribution in [1.82, 2.24) is 4.90 Å². The molecule has 1 aromatic carbocycles. The Balaban J connectivity index is 2.18. The van der Waals surface area contributed by atoms with E-state index >= 15 is 0 Å². The van der Waals surface area contributed by atoms with Gasteiger partial charge in [0.15, 0.2) is 0 Å². The number of imide groups is 1. The van der Waals surface area contributed by atoms with Gasteiger partial charge in [-0.1, -0.05) is 24.3 Å². The summed E-state index contributed by atoms with van der Waals surface area (Å²) in [6.45, 7) is 0.227. The van der Waals surface area contributed by atoms with Gasteiger partial charge in [0.2, 0.25) is 11.8 Å². The number of benzene rings is 1. The predicted octanol–water partition coefficient (Wildman–Crippen LogP) is 1.44. The number of likely N-dealkylation sites (tertiary alicyclic amines) is 1. The number of nitrogens with zero attached hydrogens (tertiary/aromatic N) is 1. The van der Waals surface area contributed by atoms with Gasteiger partial charge in [-0.25, -0.2) is 0 Å². The maximum absolute atomic E-state index is 11.8. The zero-order valence-corrected chi connectivity index (χ0v) is 11.4. The summed E-state index contributed by atoms with van der Waals surface area (Å²) in [4.78, 5) is 36.3. The molecule has 0 aliphatic carbocycles. The number of carbonyl (C=O) groups excluding carboxylic acids is 3. The van der Waals surface area contributed by atoms with Crippen molar-refractivity contribution in [1.29, 1.82) is 0 Å². The lowest BCUT2D eigenvalue weighted by atomic mass is 10.0. The molecule has 106 valence electrons. The van der Waals surface area contributed by atoms with Crippen LogP contribution in [0.2, 0.25) is 0 Å². The first-order valence-electron chi connectivity index (χ1n) is 6.58. The highest BCUT2D eigenvalue weighted by molar-refractivity contribution is 5.97. The fourth-order valence-electron chi connectivity index (χ4n) is 2.26.